The van der Waals surface area contributed by atoms with E-state index in [0.29, 0.717) is 16.7 Å². The van der Waals surface area contributed by atoms with Crippen molar-refractivity contribution in [2.24, 2.45) is 0 Å². The summed E-state index contributed by atoms with van der Waals surface area (Å²) < 4.78 is 50.6. The molecule has 0 bridgehead atoms. The number of likely N-dealkylation sites (tertiary alicyclic amines) is 1. The van der Waals surface area contributed by atoms with Gasteiger partial charge < -0.3 is 14.1 Å². The van der Waals surface area contributed by atoms with Crippen LogP contribution in [0.5, 0.6) is 5.75 Å². The highest BCUT2D eigenvalue weighted by Crippen LogP contribution is 2.40. The zero-order valence-corrected chi connectivity index (χ0v) is 13.9. The van der Waals surface area contributed by atoms with Crippen LogP contribution in [0.1, 0.15) is 37.9 Å². The third-order valence-corrected chi connectivity index (χ3v) is 4.62. The molecule has 0 spiro atoms. The molecule has 2 heterocycles. The second-order valence-electron chi connectivity index (χ2n) is 6.47. The summed E-state index contributed by atoms with van der Waals surface area (Å²) in [5, 5.41) is 0.651. The molecule has 0 amide bonds. The number of benzene rings is 1. The average Bonchev–Trinajstić information content (AvgIpc) is 2.91. The van der Waals surface area contributed by atoms with Crippen LogP contribution in [0.2, 0.25) is 0 Å². The van der Waals surface area contributed by atoms with E-state index in [9.17, 15) is 13.2 Å². The van der Waals surface area contributed by atoms with Crippen molar-refractivity contribution in [3.63, 3.8) is 0 Å². The molecule has 1 saturated heterocycles. The predicted octanol–water partition coefficient (Wildman–Crippen LogP) is 4.96. The fraction of sp³-hybridized carbons (Fsp3) is 0.556. The lowest BCUT2D eigenvalue weighted by Crippen LogP contribution is -2.35. The fourth-order valence-corrected chi connectivity index (χ4v) is 3.18. The Bertz CT molecular complexity index is 687. The summed E-state index contributed by atoms with van der Waals surface area (Å²) in [4.78, 5) is 2.26. The molecule has 1 fully saturated rings. The van der Waals surface area contributed by atoms with Gasteiger partial charge in [-0.25, -0.2) is 0 Å². The van der Waals surface area contributed by atoms with E-state index in [1.165, 1.54) is 13.0 Å². The SMILES string of the molecule is CCC(c1cc2cc(OC3CCN(C)CC3)ccc2o1)C(F)(F)F. The van der Waals surface area contributed by atoms with Crippen molar-refractivity contribution in [2.45, 2.75) is 44.4 Å². The molecule has 2 aromatic rings. The van der Waals surface area contributed by atoms with Crippen molar-refractivity contribution in [3.05, 3.63) is 30.0 Å². The first-order valence-corrected chi connectivity index (χ1v) is 8.32. The van der Waals surface area contributed by atoms with E-state index in [0.717, 1.165) is 25.9 Å². The van der Waals surface area contributed by atoms with E-state index in [1.54, 1.807) is 18.2 Å². The number of piperidine rings is 1. The van der Waals surface area contributed by atoms with E-state index in [4.69, 9.17) is 9.15 Å². The zero-order chi connectivity index (χ0) is 17.3. The summed E-state index contributed by atoms with van der Waals surface area (Å²) >= 11 is 0. The Hall–Kier alpha value is -1.69. The lowest BCUT2D eigenvalue weighted by Gasteiger charge is -2.29. The third kappa shape index (κ3) is 3.69. The van der Waals surface area contributed by atoms with Crippen molar-refractivity contribution in [2.75, 3.05) is 20.1 Å². The van der Waals surface area contributed by atoms with Crippen LogP contribution in [0.4, 0.5) is 13.2 Å². The average molecular weight is 341 g/mol. The van der Waals surface area contributed by atoms with Gasteiger partial charge in [-0.2, -0.15) is 13.2 Å². The first-order chi connectivity index (χ1) is 11.4. The van der Waals surface area contributed by atoms with Crippen LogP contribution in [0.15, 0.2) is 28.7 Å². The number of furan rings is 1. The first-order valence-electron chi connectivity index (χ1n) is 8.32. The lowest BCUT2D eigenvalue weighted by molar-refractivity contribution is -0.154. The molecule has 0 aliphatic carbocycles. The molecule has 0 N–H and O–H groups in total. The Balaban J connectivity index is 1.79. The number of hydrogen-bond donors (Lipinski definition) is 0. The summed E-state index contributed by atoms with van der Waals surface area (Å²) in [6.07, 6.45) is -2.27. The van der Waals surface area contributed by atoms with Crippen LogP contribution < -0.4 is 4.74 Å². The Morgan fingerprint density at radius 2 is 1.96 bits per heavy atom. The molecule has 1 atom stereocenters. The number of rotatable bonds is 4. The Labute approximate surface area is 139 Å². The fourth-order valence-electron chi connectivity index (χ4n) is 3.18. The highest BCUT2D eigenvalue weighted by atomic mass is 19.4. The highest BCUT2D eigenvalue weighted by Gasteiger charge is 2.41. The summed E-state index contributed by atoms with van der Waals surface area (Å²) in [6.45, 7) is 3.50. The van der Waals surface area contributed by atoms with Gasteiger partial charge in [-0.1, -0.05) is 6.92 Å². The summed E-state index contributed by atoms with van der Waals surface area (Å²) in [5.74, 6) is -0.913. The van der Waals surface area contributed by atoms with Crippen molar-refractivity contribution >= 4 is 11.0 Å². The predicted molar refractivity (Wildman–Crippen MR) is 86.4 cm³/mol. The first kappa shape index (κ1) is 17.1. The van der Waals surface area contributed by atoms with E-state index < -0.39 is 12.1 Å². The number of fused-ring (bicyclic) bond motifs is 1. The van der Waals surface area contributed by atoms with Crippen molar-refractivity contribution in [1.82, 2.24) is 4.90 Å². The Kier molecular flexibility index (Phi) is 4.76. The molecule has 1 unspecified atom stereocenters. The Morgan fingerprint density at radius 1 is 1.25 bits per heavy atom. The van der Waals surface area contributed by atoms with Crippen molar-refractivity contribution < 1.29 is 22.3 Å². The number of alkyl halides is 3. The van der Waals surface area contributed by atoms with Gasteiger partial charge in [0.25, 0.3) is 0 Å². The number of hydrogen-bond acceptors (Lipinski definition) is 3. The molecule has 3 rings (SSSR count). The molecular formula is C18H22F3NO2. The molecule has 24 heavy (non-hydrogen) atoms. The molecule has 0 saturated carbocycles. The molecule has 1 aliphatic rings. The van der Waals surface area contributed by atoms with Crippen LogP contribution >= 0.6 is 0 Å². The maximum atomic E-state index is 13.1. The van der Waals surface area contributed by atoms with Crippen LogP contribution in [-0.2, 0) is 0 Å². The second kappa shape index (κ2) is 6.67. The minimum Gasteiger partial charge on any atom is -0.490 e. The number of halogens is 3. The quantitative estimate of drug-likeness (QED) is 0.786. The van der Waals surface area contributed by atoms with Gasteiger partial charge in [-0.05, 0) is 50.6 Å². The summed E-state index contributed by atoms with van der Waals surface area (Å²) in [5.41, 5.74) is 0.462. The molecule has 1 aliphatic heterocycles. The molecule has 132 valence electrons. The van der Waals surface area contributed by atoms with Gasteiger partial charge in [0.05, 0.1) is 0 Å². The van der Waals surface area contributed by atoms with Gasteiger partial charge in [0.1, 0.15) is 29.1 Å². The molecule has 3 nitrogen and oxygen atoms in total. The number of ether oxygens (including phenoxy) is 1. The van der Waals surface area contributed by atoms with Gasteiger partial charge in [0, 0.05) is 18.5 Å². The third-order valence-electron chi connectivity index (χ3n) is 4.62. The van der Waals surface area contributed by atoms with Crippen molar-refractivity contribution in [3.8, 4) is 5.75 Å². The Morgan fingerprint density at radius 3 is 2.58 bits per heavy atom. The monoisotopic (exact) mass is 341 g/mol. The maximum Gasteiger partial charge on any atom is 0.398 e. The molecular weight excluding hydrogens is 319 g/mol. The minimum absolute atomic E-state index is 0.0311. The van der Waals surface area contributed by atoms with Gasteiger partial charge >= 0.3 is 6.18 Å². The maximum absolute atomic E-state index is 13.1. The van der Waals surface area contributed by atoms with E-state index in [1.807, 2.05) is 0 Å². The topological polar surface area (TPSA) is 25.6 Å². The van der Waals surface area contributed by atoms with Gasteiger partial charge in [0.15, 0.2) is 0 Å². The van der Waals surface area contributed by atoms with Crippen LogP contribution in [0, 0.1) is 0 Å². The van der Waals surface area contributed by atoms with Crippen molar-refractivity contribution in [1.29, 1.82) is 0 Å². The molecule has 0 radical (unpaired) electrons. The normalized spacial score (nSPS) is 18.9. The zero-order valence-electron chi connectivity index (χ0n) is 13.9. The highest BCUT2D eigenvalue weighted by molar-refractivity contribution is 5.79. The smallest absolute Gasteiger partial charge is 0.398 e. The van der Waals surface area contributed by atoms with E-state index in [2.05, 4.69) is 11.9 Å². The molecule has 1 aromatic carbocycles. The lowest BCUT2D eigenvalue weighted by atomic mass is 10.0. The largest absolute Gasteiger partial charge is 0.490 e. The van der Waals surface area contributed by atoms with Crippen LogP contribution in [-0.4, -0.2) is 37.3 Å². The van der Waals surface area contributed by atoms with Gasteiger partial charge in [0.2, 0.25) is 0 Å². The van der Waals surface area contributed by atoms with E-state index >= 15 is 0 Å². The molecule has 1 aromatic heterocycles. The minimum atomic E-state index is -4.30. The van der Waals surface area contributed by atoms with Crippen LogP contribution in [0.3, 0.4) is 0 Å². The standard InChI is InChI=1S/C18H22F3NO2/c1-3-15(18(19,20)21)17-11-12-10-14(4-5-16(12)24-17)23-13-6-8-22(2)9-7-13/h4-5,10-11,13,15H,3,6-9H2,1-2H3. The van der Waals surface area contributed by atoms with E-state index in [-0.39, 0.29) is 18.3 Å². The second-order valence-corrected chi connectivity index (χ2v) is 6.47. The van der Waals surface area contributed by atoms with Gasteiger partial charge in [-0.3, -0.25) is 0 Å². The number of nitrogens with zero attached hydrogens (tertiary/aromatic N) is 1. The summed E-state index contributed by atoms with van der Waals surface area (Å²) in [6, 6.07) is 6.71. The summed E-state index contributed by atoms with van der Waals surface area (Å²) in [7, 11) is 2.08. The molecule has 6 heteroatoms. The van der Waals surface area contributed by atoms with Gasteiger partial charge in [-0.15, -0.1) is 0 Å². The van der Waals surface area contributed by atoms with Crippen LogP contribution in [0.25, 0.3) is 11.0 Å².